The molecule has 0 bridgehead atoms. The monoisotopic (exact) mass is 349 g/mol. The van der Waals surface area contributed by atoms with E-state index in [1.165, 1.54) is 14.2 Å². The zero-order valence-electron chi connectivity index (χ0n) is 13.9. The lowest BCUT2D eigenvalue weighted by atomic mass is 10.1. The molecule has 0 radical (unpaired) electrons. The van der Waals surface area contributed by atoms with E-state index in [4.69, 9.17) is 21.1 Å². The smallest absolute Gasteiger partial charge is 0.322 e. The fraction of sp³-hybridized carbons (Fsp3) is 0.353. The number of fused-ring (bicyclic) bond motifs is 1. The predicted molar refractivity (Wildman–Crippen MR) is 93.1 cm³/mol. The van der Waals surface area contributed by atoms with Crippen molar-refractivity contribution < 1.29 is 14.3 Å². The maximum Gasteiger partial charge on any atom is 0.322 e. The van der Waals surface area contributed by atoms with Crippen LogP contribution in [0.5, 0.6) is 11.5 Å². The number of nitrogens with zero attached hydrogens (tertiary/aromatic N) is 2. The number of amides is 2. The summed E-state index contributed by atoms with van der Waals surface area (Å²) in [5.74, 6) is 0.994. The van der Waals surface area contributed by atoms with Crippen molar-refractivity contribution in [2.45, 2.75) is 19.5 Å². The Morgan fingerprint density at radius 3 is 2.71 bits per heavy atom. The van der Waals surface area contributed by atoms with Crippen molar-refractivity contribution in [3.8, 4) is 11.5 Å². The molecule has 1 aromatic heterocycles. The second-order valence-electron chi connectivity index (χ2n) is 5.61. The van der Waals surface area contributed by atoms with Crippen molar-refractivity contribution in [1.29, 1.82) is 0 Å². The van der Waals surface area contributed by atoms with Gasteiger partial charge in [0.1, 0.15) is 11.5 Å². The van der Waals surface area contributed by atoms with Gasteiger partial charge in [0.2, 0.25) is 0 Å². The van der Waals surface area contributed by atoms with Gasteiger partial charge in [0, 0.05) is 31.0 Å². The van der Waals surface area contributed by atoms with Gasteiger partial charge in [-0.05, 0) is 25.1 Å². The number of hydrogen-bond donors (Lipinski definition) is 1. The van der Waals surface area contributed by atoms with Crippen LogP contribution >= 0.6 is 11.6 Å². The number of benzene rings is 1. The van der Waals surface area contributed by atoms with E-state index in [0.717, 1.165) is 12.2 Å². The van der Waals surface area contributed by atoms with Crippen molar-refractivity contribution >= 4 is 23.3 Å². The molecule has 2 heterocycles. The quantitative estimate of drug-likeness (QED) is 0.917. The van der Waals surface area contributed by atoms with E-state index in [-0.39, 0.29) is 12.1 Å². The Morgan fingerprint density at radius 2 is 2.00 bits per heavy atom. The van der Waals surface area contributed by atoms with Crippen LogP contribution in [-0.2, 0) is 6.54 Å². The van der Waals surface area contributed by atoms with Gasteiger partial charge in [-0.2, -0.15) is 0 Å². The van der Waals surface area contributed by atoms with E-state index in [1.54, 1.807) is 17.0 Å². The second-order valence-corrected chi connectivity index (χ2v) is 6.02. The molecule has 24 heavy (non-hydrogen) atoms. The molecule has 1 N–H and O–H groups in total. The fourth-order valence-corrected chi connectivity index (χ4v) is 3.24. The number of urea groups is 1. The molecule has 0 spiro atoms. The molecular weight excluding hydrogens is 330 g/mol. The third kappa shape index (κ3) is 2.89. The molecule has 6 nitrogen and oxygen atoms in total. The Morgan fingerprint density at radius 1 is 1.25 bits per heavy atom. The van der Waals surface area contributed by atoms with Gasteiger partial charge in [-0.1, -0.05) is 11.6 Å². The first-order valence-corrected chi connectivity index (χ1v) is 8.07. The molecule has 128 valence electrons. The third-order valence-electron chi connectivity index (χ3n) is 4.32. The highest BCUT2D eigenvalue weighted by Crippen LogP contribution is 2.36. The minimum Gasteiger partial charge on any atom is -0.495 e. The maximum absolute atomic E-state index is 12.7. The normalized spacial score (nSPS) is 16.5. The van der Waals surface area contributed by atoms with Crippen molar-refractivity contribution in [2.75, 3.05) is 26.1 Å². The summed E-state index contributed by atoms with van der Waals surface area (Å²) in [7, 11) is 3.07. The van der Waals surface area contributed by atoms with Gasteiger partial charge in [-0.15, -0.1) is 0 Å². The summed E-state index contributed by atoms with van der Waals surface area (Å²) in [5.41, 5.74) is 1.64. The highest BCUT2D eigenvalue weighted by Gasteiger charge is 2.28. The number of methoxy groups -OCH3 is 2. The zero-order chi connectivity index (χ0) is 17.3. The lowest BCUT2D eigenvalue weighted by Crippen LogP contribution is -2.43. The average molecular weight is 350 g/mol. The number of hydrogen-bond acceptors (Lipinski definition) is 3. The van der Waals surface area contributed by atoms with Crippen LogP contribution in [0.3, 0.4) is 0 Å². The number of carbonyl (C=O) groups is 1. The molecule has 1 aromatic carbocycles. The molecule has 7 heteroatoms. The standard InChI is InChI=1S/C17H20ClN3O3/c1-11-14-5-4-6-20(14)7-8-21(11)17(22)19-13-9-12(18)15(23-2)10-16(13)24-3/h4-6,9-11H,7-8H2,1-3H3,(H,19,22)/t11-/m0/s1. The van der Waals surface area contributed by atoms with E-state index >= 15 is 0 Å². The number of nitrogens with one attached hydrogen (secondary N) is 1. The topological polar surface area (TPSA) is 55.7 Å². The summed E-state index contributed by atoms with van der Waals surface area (Å²) < 4.78 is 12.7. The van der Waals surface area contributed by atoms with Crippen molar-refractivity contribution in [1.82, 2.24) is 9.47 Å². The van der Waals surface area contributed by atoms with Crippen molar-refractivity contribution in [2.24, 2.45) is 0 Å². The Balaban J connectivity index is 1.82. The molecule has 0 unspecified atom stereocenters. The van der Waals surface area contributed by atoms with Gasteiger partial charge in [0.05, 0.1) is 31.0 Å². The van der Waals surface area contributed by atoms with E-state index in [1.807, 2.05) is 25.3 Å². The summed E-state index contributed by atoms with van der Waals surface area (Å²) >= 11 is 6.16. The van der Waals surface area contributed by atoms with Crippen molar-refractivity contribution in [3.05, 3.63) is 41.2 Å². The number of ether oxygens (including phenoxy) is 2. The summed E-state index contributed by atoms with van der Waals surface area (Å²) in [6.07, 6.45) is 2.04. The fourth-order valence-electron chi connectivity index (χ4n) is 3.00. The van der Waals surface area contributed by atoms with E-state index < -0.39 is 0 Å². The first-order valence-electron chi connectivity index (χ1n) is 7.69. The second kappa shape index (κ2) is 6.65. The zero-order valence-corrected chi connectivity index (χ0v) is 14.6. The summed E-state index contributed by atoms with van der Waals surface area (Å²) in [6, 6.07) is 7.13. The minimum absolute atomic E-state index is 0.00605. The molecular formula is C17H20ClN3O3. The number of rotatable bonds is 3. The third-order valence-corrected chi connectivity index (χ3v) is 4.61. The Hall–Kier alpha value is -2.34. The summed E-state index contributed by atoms with van der Waals surface area (Å²) in [4.78, 5) is 14.5. The molecule has 1 atom stereocenters. The van der Waals surface area contributed by atoms with Crippen LogP contribution in [-0.4, -0.2) is 36.3 Å². The number of anilines is 1. The molecule has 2 amide bonds. The number of carbonyl (C=O) groups excluding carboxylic acids is 1. The van der Waals surface area contributed by atoms with Crippen LogP contribution < -0.4 is 14.8 Å². The van der Waals surface area contributed by atoms with Crippen LogP contribution in [0.4, 0.5) is 10.5 Å². The molecule has 2 aromatic rings. The van der Waals surface area contributed by atoms with E-state index in [2.05, 4.69) is 9.88 Å². The van der Waals surface area contributed by atoms with Gasteiger partial charge in [0.25, 0.3) is 0 Å². The molecule has 1 aliphatic heterocycles. The van der Waals surface area contributed by atoms with Crippen LogP contribution in [0.15, 0.2) is 30.5 Å². The van der Waals surface area contributed by atoms with Crippen LogP contribution in [0, 0.1) is 0 Å². The lowest BCUT2D eigenvalue weighted by Gasteiger charge is -2.35. The van der Waals surface area contributed by atoms with Crippen LogP contribution in [0.25, 0.3) is 0 Å². The largest absolute Gasteiger partial charge is 0.495 e. The predicted octanol–water partition coefficient (Wildman–Crippen LogP) is 3.77. The van der Waals surface area contributed by atoms with Crippen LogP contribution in [0.2, 0.25) is 5.02 Å². The first-order chi connectivity index (χ1) is 11.5. The Bertz CT molecular complexity index is 760. The number of aromatic nitrogens is 1. The molecule has 3 rings (SSSR count). The SMILES string of the molecule is COc1cc(OC)c(NC(=O)N2CCn3cccc3[C@@H]2C)cc1Cl. The molecule has 0 aliphatic carbocycles. The average Bonchev–Trinajstić information content (AvgIpc) is 3.05. The van der Waals surface area contributed by atoms with Gasteiger partial charge in [-0.3, -0.25) is 0 Å². The Labute approximate surface area is 145 Å². The molecule has 1 aliphatic rings. The molecule has 0 fully saturated rings. The Kier molecular flexibility index (Phi) is 4.57. The van der Waals surface area contributed by atoms with Gasteiger partial charge in [-0.25, -0.2) is 4.79 Å². The lowest BCUT2D eigenvalue weighted by molar-refractivity contribution is 0.175. The molecule has 0 saturated heterocycles. The first kappa shape index (κ1) is 16.5. The number of halogens is 1. The van der Waals surface area contributed by atoms with Gasteiger partial charge >= 0.3 is 6.03 Å². The highest BCUT2D eigenvalue weighted by atomic mass is 35.5. The van der Waals surface area contributed by atoms with Gasteiger partial charge < -0.3 is 24.3 Å². The minimum atomic E-state index is -0.186. The van der Waals surface area contributed by atoms with Gasteiger partial charge in [0.15, 0.2) is 0 Å². The summed E-state index contributed by atoms with van der Waals surface area (Å²) in [5, 5.41) is 3.30. The maximum atomic E-state index is 12.7. The van der Waals surface area contributed by atoms with Crippen LogP contribution in [0.1, 0.15) is 18.7 Å². The van der Waals surface area contributed by atoms with E-state index in [0.29, 0.717) is 28.8 Å². The molecule has 0 saturated carbocycles. The summed E-state index contributed by atoms with van der Waals surface area (Å²) in [6.45, 7) is 3.43. The van der Waals surface area contributed by atoms with Crippen molar-refractivity contribution in [3.63, 3.8) is 0 Å². The van der Waals surface area contributed by atoms with E-state index in [9.17, 15) is 4.79 Å². The highest BCUT2D eigenvalue weighted by molar-refractivity contribution is 6.32.